The van der Waals surface area contributed by atoms with Gasteiger partial charge in [-0.3, -0.25) is 4.98 Å². The molecule has 0 spiro atoms. The minimum atomic E-state index is -0.326. The summed E-state index contributed by atoms with van der Waals surface area (Å²) in [6.07, 6.45) is 6.42. The molecule has 1 aromatic carbocycles. The van der Waals surface area contributed by atoms with Gasteiger partial charge in [-0.05, 0) is 36.6 Å². The van der Waals surface area contributed by atoms with Crippen molar-refractivity contribution in [2.45, 2.75) is 19.4 Å². The lowest BCUT2D eigenvalue weighted by Gasteiger charge is -2.22. The van der Waals surface area contributed by atoms with E-state index in [2.05, 4.69) is 4.98 Å². The fourth-order valence-corrected chi connectivity index (χ4v) is 3.03. The normalized spacial score (nSPS) is 12.7. The summed E-state index contributed by atoms with van der Waals surface area (Å²) in [5, 5.41) is 0. The van der Waals surface area contributed by atoms with Crippen LogP contribution >= 0.6 is 0 Å². The van der Waals surface area contributed by atoms with Crippen LogP contribution in [0.3, 0.4) is 0 Å². The Morgan fingerprint density at radius 3 is 2.58 bits per heavy atom. The molecule has 0 bridgehead atoms. The number of pyridine rings is 1. The van der Waals surface area contributed by atoms with Gasteiger partial charge in [0.15, 0.2) is 11.5 Å². The Kier molecular flexibility index (Phi) is 5.41. The third kappa shape index (κ3) is 3.49. The Hall–Kier alpha value is -3.02. The maximum atomic E-state index is 12.4. The Bertz CT molecular complexity index is 830. The van der Waals surface area contributed by atoms with Crippen molar-refractivity contribution in [1.29, 1.82) is 0 Å². The van der Waals surface area contributed by atoms with Gasteiger partial charge in [0.2, 0.25) is 5.75 Å². The zero-order valence-electron chi connectivity index (χ0n) is 15.1. The topological polar surface area (TPSA) is 66.9 Å². The number of benzene rings is 1. The lowest BCUT2D eigenvalue weighted by atomic mass is 9.90. The molecule has 0 aliphatic heterocycles. The van der Waals surface area contributed by atoms with E-state index in [0.29, 0.717) is 35.7 Å². The van der Waals surface area contributed by atoms with Crippen LogP contribution in [0, 0.1) is 0 Å². The van der Waals surface area contributed by atoms with E-state index >= 15 is 0 Å². The lowest BCUT2D eigenvalue weighted by molar-refractivity contribution is -0.140. The molecule has 0 saturated carbocycles. The Labute approximate surface area is 152 Å². The molecular formula is C20H21NO5. The van der Waals surface area contributed by atoms with Gasteiger partial charge in [-0.25, -0.2) is 4.79 Å². The second-order valence-corrected chi connectivity index (χ2v) is 5.82. The smallest absolute Gasteiger partial charge is 0.334 e. The molecule has 2 aromatic rings. The summed E-state index contributed by atoms with van der Waals surface area (Å²) >= 11 is 0. The maximum Gasteiger partial charge on any atom is 0.334 e. The molecule has 0 radical (unpaired) electrons. The van der Waals surface area contributed by atoms with Crippen molar-refractivity contribution >= 4 is 12.0 Å². The number of hydrogen-bond acceptors (Lipinski definition) is 6. The number of esters is 1. The van der Waals surface area contributed by atoms with Crippen LogP contribution in [0.25, 0.3) is 6.08 Å². The first-order valence-corrected chi connectivity index (χ1v) is 8.26. The molecule has 1 heterocycles. The predicted octanol–water partition coefficient (Wildman–Crippen LogP) is 3.18. The molecule has 136 valence electrons. The van der Waals surface area contributed by atoms with Crippen LogP contribution in [-0.4, -0.2) is 32.3 Å². The Morgan fingerprint density at radius 2 is 1.92 bits per heavy atom. The molecule has 6 nitrogen and oxygen atoms in total. The van der Waals surface area contributed by atoms with E-state index in [1.54, 1.807) is 33.7 Å². The fourth-order valence-electron chi connectivity index (χ4n) is 3.03. The van der Waals surface area contributed by atoms with Gasteiger partial charge in [0.1, 0.15) is 6.61 Å². The van der Waals surface area contributed by atoms with Gasteiger partial charge in [-0.1, -0.05) is 6.07 Å². The molecule has 0 atom stereocenters. The zero-order chi connectivity index (χ0) is 18.5. The maximum absolute atomic E-state index is 12.4. The second kappa shape index (κ2) is 7.91. The van der Waals surface area contributed by atoms with Crippen molar-refractivity contribution in [2.75, 3.05) is 21.3 Å². The van der Waals surface area contributed by atoms with Crippen molar-refractivity contribution in [3.05, 3.63) is 52.9 Å². The van der Waals surface area contributed by atoms with E-state index in [9.17, 15) is 4.79 Å². The second-order valence-electron chi connectivity index (χ2n) is 5.82. The monoisotopic (exact) mass is 355 g/mol. The molecular weight excluding hydrogens is 334 g/mol. The van der Waals surface area contributed by atoms with Crippen molar-refractivity contribution in [3.63, 3.8) is 0 Å². The van der Waals surface area contributed by atoms with E-state index < -0.39 is 0 Å². The van der Waals surface area contributed by atoms with Gasteiger partial charge in [0.05, 0.1) is 21.3 Å². The van der Waals surface area contributed by atoms with E-state index in [-0.39, 0.29) is 12.6 Å². The number of aromatic nitrogens is 1. The van der Waals surface area contributed by atoms with Crippen LogP contribution in [-0.2, 0) is 22.6 Å². The number of methoxy groups -OCH3 is 3. The standard InChI is InChI=1S/C20H21NO5/c1-23-17-10-15-9-14(6-7-16(15)18(24-2)19(17)25-3)20(22)26-12-13-5-4-8-21-11-13/h4-5,8-11H,6-7,12H2,1-3H3. The average Bonchev–Trinajstić information content (AvgIpc) is 2.70. The SMILES string of the molecule is COc1cc2c(c(OC)c1OC)CCC(C(=O)OCc1cccnc1)=C2. The average molecular weight is 355 g/mol. The van der Waals surface area contributed by atoms with Gasteiger partial charge in [0.25, 0.3) is 0 Å². The fraction of sp³-hybridized carbons (Fsp3) is 0.300. The third-order valence-corrected chi connectivity index (χ3v) is 4.30. The summed E-state index contributed by atoms with van der Waals surface area (Å²) in [6.45, 7) is 0.201. The Morgan fingerprint density at radius 1 is 1.12 bits per heavy atom. The van der Waals surface area contributed by atoms with Crippen LogP contribution in [0.15, 0.2) is 36.2 Å². The zero-order valence-corrected chi connectivity index (χ0v) is 15.1. The summed E-state index contributed by atoms with van der Waals surface area (Å²) in [5.41, 5.74) is 3.34. The lowest BCUT2D eigenvalue weighted by Crippen LogP contribution is -2.13. The summed E-state index contributed by atoms with van der Waals surface area (Å²) in [5.74, 6) is 1.43. The molecule has 0 N–H and O–H groups in total. The molecule has 1 aliphatic rings. The molecule has 3 rings (SSSR count). The van der Waals surface area contributed by atoms with Gasteiger partial charge in [0, 0.05) is 29.1 Å². The number of carbonyl (C=O) groups excluding carboxylic acids is 1. The van der Waals surface area contributed by atoms with Crippen LogP contribution in [0.2, 0.25) is 0 Å². The largest absolute Gasteiger partial charge is 0.493 e. The van der Waals surface area contributed by atoms with Crippen molar-refractivity contribution in [2.24, 2.45) is 0 Å². The quantitative estimate of drug-likeness (QED) is 0.742. The number of fused-ring (bicyclic) bond motifs is 1. The van der Waals surface area contributed by atoms with E-state index in [1.165, 1.54) is 0 Å². The van der Waals surface area contributed by atoms with Crippen molar-refractivity contribution < 1.29 is 23.7 Å². The molecule has 1 aromatic heterocycles. The highest BCUT2D eigenvalue weighted by atomic mass is 16.5. The highest BCUT2D eigenvalue weighted by Gasteiger charge is 2.25. The minimum Gasteiger partial charge on any atom is -0.493 e. The summed E-state index contributed by atoms with van der Waals surface area (Å²) in [4.78, 5) is 16.4. The number of hydrogen-bond donors (Lipinski definition) is 0. The first kappa shape index (κ1) is 17.8. The van der Waals surface area contributed by atoms with E-state index in [1.807, 2.05) is 24.3 Å². The van der Waals surface area contributed by atoms with Crippen LogP contribution in [0.4, 0.5) is 0 Å². The first-order chi connectivity index (χ1) is 12.7. The summed E-state index contributed by atoms with van der Waals surface area (Å²) < 4.78 is 21.7. The van der Waals surface area contributed by atoms with Crippen molar-refractivity contribution in [1.82, 2.24) is 4.98 Å². The minimum absolute atomic E-state index is 0.201. The highest BCUT2D eigenvalue weighted by molar-refractivity contribution is 5.95. The van der Waals surface area contributed by atoms with Gasteiger partial charge in [-0.15, -0.1) is 0 Å². The highest BCUT2D eigenvalue weighted by Crippen LogP contribution is 2.44. The number of ether oxygens (including phenoxy) is 4. The molecule has 26 heavy (non-hydrogen) atoms. The number of rotatable bonds is 6. The van der Waals surface area contributed by atoms with Gasteiger partial charge in [-0.2, -0.15) is 0 Å². The molecule has 0 saturated heterocycles. The molecule has 0 unspecified atom stereocenters. The number of carbonyl (C=O) groups is 1. The van der Waals surface area contributed by atoms with Crippen LogP contribution in [0.5, 0.6) is 17.2 Å². The predicted molar refractivity (Wildman–Crippen MR) is 96.4 cm³/mol. The molecule has 6 heteroatoms. The van der Waals surface area contributed by atoms with Gasteiger partial charge < -0.3 is 18.9 Å². The van der Waals surface area contributed by atoms with E-state index in [4.69, 9.17) is 18.9 Å². The molecule has 0 fully saturated rings. The third-order valence-electron chi connectivity index (χ3n) is 4.30. The number of nitrogens with zero attached hydrogens (tertiary/aromatic N) is 1. The first-order valence-electron chi connectivity index (χ1n) is 8.26. The molecule has 1 aliphatic carbocycles. The Balaban J connectivity index is 1.85. The van der Waals surface area contributed by atoms with E-state index in [0.717, 1.165) is 16.7 Å². The molecule has 0 amide bonds. The summed E-state index contributed by atoms with van der Waals surface area (Å²) in [7, 11) is 4.74. The van der Waals surface area contributed by atoms with Gasteiger partial charge >= 0.3 is 5.97 Å². The van der Waals surface area contributed by atoms with Crippen LogP contribution < -0.4 is 14.2 Å². The van der Waals surface area contributed by atoms with Crippen molar-refractivity contribution in [3.8, 4) is 17.2 Å². The summed E-state index contributed by atoms with van der Waals surface area (Å²) in [6, 6.07) is 5.53. The van der Waals surface area contributed by atoms with Crippen LogP contribution in [0.1, 0.15) is 23.1 Å².